The van der Waals surface area contributed by atoms with Gasteiger partial charge < -0.3 is 30.9 Å². The lowest BCUT2D eigenvalue weighted by Gasteiger charge is -2.22. The second-order valence-electron chi connectivity index (χ2n) is 9.33. The number of carbonyl (C=O) groups is 4. The fourth-order valence-electron chi connectivity index (χ4n) is 3.16. The van der Waals surface area contributed by atoms with Gasteiger partial charge in [0.2, 0.25) is 5.91 Å². The molecule has 1 aliphatic heterocycles. The minimum atomic E-state index is -1.33. The first-order valence-corrected chi connectivity index (χ1v) is 11.3. The van der Waals surface area contributed by atoms with Gasteiger partial charge in [-0.15, -0.1) is 0 Å². The van der Waals surface area contributed by atoms with Gasteiger partial charge in [-0.2, -0.15) is 0 Å². The van der Waals surface area contributed by atoms with Crippen molar-refractivity contribution in [2.75, 3.05) is 5.32 Å². The molecule has 2 atom stereocenters. The first-order valence-electron chi connectivity index (χ1n) is 11.3. The molecule has 0 fully saturated rings. The van der Waals surface area contributed by atoms with Crippen molar-refractivity contribution in [3.05, 3.63) is 47.0 Å². The lowest BCUT2D eigenvalue weighted by atomic mass is 9.96. The van der Waals surface area contributed by atoms with E-state index >= 15 is 0 Å². The van der Waals surface area contributed by atoms with E-state index in [2.05, 4.69) is 32.6 Å². The topological polar surface area (TPSA) is 184 Å². The molecule has 0 spiro atoms. The second kappa shape index (κ2) is 11.0. The Morgan fingerprint density at radius 3 is 2.43 bits per heavy atom. The van der Waals surface area contributed by atoms with Gasteiger partial charge in [0.25, 0.3) is 5.91 Å². The number of carbonyl (C=O) groups excluding carboxylic acids is 2. The van der Waals surface area contributed by atoms with Gasteiger partial charge in [0.15, 0.2) is 6.23 Å². The third-order valence-electron chi connectivity index (χ3n) is 5.34. The van der Waals surface area contributed by atoms with Crippen LogP contribution in [0.1, 0.15) is 61.3 Å². The molecule has 0 bridgehead atoms. The van der Waals surface area contributed by atoms with Crippen LogP contribution >= 0.6 is 0 Å². The normalized spacial score (nSPS) is 15.1. The third-order valence-corrected chi connectivity index (χ3v) is 5.34. The number of aliphatic hydroxyl groups excluding tert-OH is 1. The molecule has 0 radical (unpaired) electrons. The zero-order chi connectivity index (χ0) is 27.3. The van der Waals surface area contributed by atoms with Crippen LogP contribution in [0.2, 0.25) is 0 Å². The number of anilines is 1. The van der Waals surface area contributed by atoms with Gasteiger partial charge in [-0.1, -0.05) is 20.8 Å². The maximum absolute atomic E-state index is 12.4. The molecule has 12 nitrogen and oxygen atoms in total. The summed E-state index contributed by atoms with van der Waals surface area (Å²) < 4.78 is 0. The number of hydrogen-bond donors (Lipinski definition) is 6. The zero-order valence-electron chi connectivity index (χ0n) is 20.4. The van der Waals surface area contributed by atoms with Crippen molar-refractivity contribution in [3.63, 3.8) is 0 Å². The molecule has 1 aliphatic rings. The highest BCUT2D eigenvalue weighted by Crippen LogP contribution is 2.33. The first-order chi connectivity index (χ1) is 17.3. The number of hydrogen-bond acceptors (Lipinski definition) is 7. The Bertz CT molecular complexity index is 1300. The predicted octanol–water partition coefficient (Wildman–Crippen LogP) is 2.02. The zero-order valence-corrected chi connectivity index (χ0v) is 20.4. The fraction of sp³-hybridized carbons (Fsp3) is 0.320. The number of carboxylic acid groups (broad SMARTS) is 2. The number of H-pyrrole nitrogens is 1. The van der Waals surface area contributed by atoms with Crippen LogP contribution in [0.15, 0.2) is 35.3 Å². The number of nitrogens with one attached hydrogen (secondary N) is 3. The van der Waals surface area contributed by atoms with E-state index in [0.717, 1.165) is 0 Å². The number of rotatable bonds is 7. The Hall–Kier alpha value is -4.63. The summed E-state index contributed by atoms with van der Waals surface area (Å²) in [5.74, 6) is 0.299. The minimum Gasteiger partial charge on any atom is -0.481 e. The minimum absolute atomic E-state index is 0.175. The lowest BCUT2D eigenvalue weighted by molar-refractivity contribution is -0.140. The van der Waals surface area contributed by atoms with Gasteiger partial charge in [-0.05, 0) is 42.7 Å². The van der Waals surface area contributed by atoms with Crippen LogP contribution in [0.3, 0.4) is 0 Å². The standard InChI is InChI=1S/C25H27N5O7/c1-25(2,3)24(37)29-18-12-16-20(28-18)26-13-30(22(16)34)11-10-14-4-6-15(7-5-14)21(33)27-17(23(35)36)8-9-19(31)32/h4-7,12-13,17,22,28,34H,8-9H2,1-3H3,(H,27,33)(H,29,37)(H,31,32)(H,35,36)/t17-,22?/m1/s1. The summed E-state index contributed by atoms with van der Waals surface area (Å²) in [6, 6.07) is 9.02. The molecule has 12 heteroatoms. The van der Waals surface area contributed by atoms with Crippen molar-refractivity contribution in [2.45, 2.75) is 45.9 Å². The van der Waals surface area contributed by atoms with Crippen LogP contribution in [0, 0.1) is 17.4 Å². The molecule has 2 aromatic rings. The van der Waals surface area contributed by atoms with Crippen molar-refractivity contribution in [2.24, 2.45) is 10.4 Å². The van der Waals surface area contributed by atoms with Gasteiger partial charge in [0.05, 0.1) is 0 Å². The van der Waals surface area contributed by atoms with Crippen molar-refractivity contribution >= 4 is 41.7 Å². The van der Waals surface area contributed by atoms with Gasteiger partial charge in [0, 0.05) is 34.6 Å². The number of aliphatic imine (C=N–C) groups is 1. The first kappa shape index (κ1) is 27.0. The van der Waals surface area contributed by atoms with Crippen molar-refractivity contribution in [1.29, 1.82) is 0 Å². The Balaban J connectivity index is 1.65. The molecule has 2 amide bonds. The highest BCUT2D eigenvalue weighted by atomic mass is 16.4. The average molecular weight is 510 g/mol. The van der Waals surface area contributed by atoms with Gasteiger partial charge in [-0.25, -0.2) is 9.79 Å². The van der Waals surface area contributed by atoms with E-state index in [1.54, 1.807) is 39.0 Å². The van der Waals surface area contributed by atoms with Crippen molar-refractivity contribution < 1.29 is 34.5 Å². The van der Waals surface area contributed by atoms with Crippen LogP contribution < -0.4 is 10.6 Å². The van der Waals surface area contributed by atoms with E-state index in [4.69, 9.17) is 5.11 Å². The van der Waals surface area contributed by atoms with Crippen LogP contribution in [0.25, 0.3) is 0 Å². The van der Waals surface area contributed by atoms with Crippen molar-refractivity contribution in [1.82, 2.24) is 15.2 Å². The highest BCUT2D eigenvalue weighted by Gasteiger charge is 2.27. The number of nitrogens with zero attached hydrogens (tertiary/aromatic N) is 2. The molecule has 0 saturated heterocycles. The van der Waals surface area contributed by atoms with Crippen LogP contribution in [-0.4, -0.2) is 61.3 Å². The molecule has 194 valence electrons. The Kier molecular flexibility index (Phi) is 7.99. The molecule has 0 saturated carbocycles. The maximum atomic E-state index is 12.4. The number of aromatic nitrogens is 1. The van der Waals surface area contributed by atoms with E-state index in [-0.39, 0.29) is 17.9 Å². The highest BCUT2D eigenvalue weighted by molar-refractivity contribution is 5.97. The monoisotopic (exact) mass is 509 g/mol. The molecule has 6 N–H and O–H groups in total. The lowest BCUT2D eigenvalue weighted by Crippen LogP contribution is -2.41. The van der Waals surface area contributed by atoms with E-state index in [1.807, 2.05) is 0 Å². The fourth-order valence-corrected chi connectivity index (χ4v) is 3.16. The van der Waals surface area contributed by atoms with Crippen LogP contribution in [0.5, 0.6) is 0 Å². The molecular weight excluding hydrogens is 482 g/mol. The number of benzene rings is 1. The summed E-state index contributed by atoms with van der Waals surface area (Å²) in [4.78, 5) is 55.0. The predicted molar refractivity (Wildman–Crippen MR) is 133 cm³/mol. The Morgan fingerprint density at radius 2 is 1.84 bits per heavy atom. The van der Waals surface area contributed by atoms with Gasteiger partial charge >= 0.3 is 11.9 Å². The second-order valence-corrected chi connectivity index (χ2v) is 9.33. The number of aliphatic hydroxyl groups is 1. The largest absolute Gasteiger partial charge is 0.481 e. The molecule has 2 heterocycles. The molecule has 1 unspecified atom stereocenters. The molecule has 37 heavy (non-hydrogen) atoms. The van der Waals surface area contributed by atoms with E-state index in [0.29, 0.717) is 22.8 Å². The number of aliphatic carboxylic acids is 2. The summed E-state index contributed by atoms with van der Waals surface area (Å²) in [5, 5.41) is 33.7. The van der Waals surface area contributed by atoms with Crippen LogP contribution in [-0.2, 0) is 14.4 Å². The summed E-state index contributed by atoms with van der Waals surface area (Å²) in [6.07, 6.45) is -0.432. The summed E-state index contributed by atoms with van der Waals surface area (Å²) >= 11 is 0. The number of carboxylic acids is 2. The van der Waals surface area contributed by atoms with Gasteiger partial charge in [0.1, 0.15) is 24.0 Å². The van der Waals surface area contributed by atoms with E-state index in [1.165, 1.54) is 23.4 Å². The average Bonchev–Trinajstić information content (AvgIpc) is 3.24. The third kappa shape index (κ3) is 6.96. The van der Waals surface area contributed by atoms with Crippen LogP contribution in [0.4, 0.5) is 11.6 Å². The summed E-state index contributed by atoms with van der Waals surface area (Å²) in [7, 11) is 0. The molecule has 3 rings (SSSR count). The van der Waals surface area contributed by atoms with Crippen molar-refractivity contribution in [3.8, 4) is 12.0 Å². The Labute approximate surface area is 212 Å². The van der Waals surface area contributed by atoms with E-state index < -0.39 is 42.0 Å². The van der Waals surface area contributed by atoms with Gasteiger partial charge in [-0.3, -0.25) is 19.3 Å². The molecular formula is C25H27N5O7. The molecule has 0 aliphatic carbocycles. The summed E-state index contributed by atoms with van der Waals surface area (Å²) in [5.41, 5.74) is 0.521. The quantitative estimate of drug-likeness (QED) is 0.306. The Morgan fingerprint density at radius 1 is 1.16 bits per heavy atom. The molecule has 1 aromatic heterocycles. The molecule has 1 aromatic carbocycles. The number of aromatic amines is 1. The van der Waals surface area contributed by atoms with E-state index in [9.17, 15) is 29.4 Å². The maximum Gasteiger partial charge on any atom is 0.326 e. The summed E-state index contributed by atoms with van der Waals surface area (Å²) in [6.45, 7) is 5.34. The number of fused-ring (bicyclic) bond motifs is 1. The smallest absolute Gasteiger partial charge is 0.326 e. The number of amides is 2. The SMILES string of the molecule is CC(C)(C)C(=O)Nc1cc2c([nH]1)N=CN(C#Cc1ccc(C(=O)N[C@H](CCC(=O)O)C(=O)O)cc1)C2O.